The Hall–Kier alpha value is -7.04. The van der Waals surface area contributed by atoms with Crippen molar-refractivity contribution in [3.05, 3.63) is 99.6 Å². The van der Waals surface area contributed by atoms with E-state index in [1.807, 2.05) is 13.8 Å². The summed E-state index contributed by atoms with van der Waals surface area (Å²) in [6.07, 6.45) is -6.86. The van der Waals surface area contributed by atoms with Crippen LogP contribution in [-0.4, -0.2) is 141 Å². The SMILES string of the molecule is C=C(C)C(=O)NCC(=O)NC(Cc1ccccc1)C(=O)NC(CC(C)C)C(=O)NCC(=O)NC1CC(O[C@H]2C[C@](O)(C(=O)CO)Cc3c(O)c4c(c(O)c32)C(=O)c2c(OC)cccc2C4=O)OC(C)C1O. The lowest BCUT2D eigenvalue weighted by atomic mass is 9.72. The first kappa shape index (κ1) is 53.3. The van der Waals surface area contributed by atoms with Crippen molar-refractivity contribution >= 4 is 46.9 Å². The minimum Gasteiger partial charge on any atom is -0.507 e. The van der Waals surface area contributed by atoms with Gasteiger partial charge in [0.05, 0.1) is 55.1 Å². The van der Waals surface area contributed by atoms with Crippen molar-refractivity contribution in [1.82, 2.24) is 26.6 Å². The smallest absolute Gasteiger partial charge is 0.246 e. The number of benzene rings is 3. The summed E-state index contributed by atoms with van der Waals surface area (Å²) in [6.45, 7) is 7.87. The summed E-state index contributed by atoms with van der Waals surface area (Å²) >= 11 is 0. The number of ether oxygens (including phenoxy) is 3. The fourth-order valence-electron chi connectivity index (χ4n) is 9.00. The van der Waals surface area contributed by atoms with Crippen LogP contribution in [0.2, 0.25) is 0 Å². The Morgan fingerprint density at radius 2 is 1.55 bits per heavy atom. The molecule has 2 aliphatic carbocycles. The highest BCUT2D eigenvalue weighted by Gasteiger charge is 2.50. The van der Waals surface area contributed by atoms with Gasteiger partial charge >= 0.3 is 0 Å². The van der Waals surface area contributed by atoms with E-state index in [1.54, 1.807) is 30.3 Å². The van der Waals surface area contributed by atoms with E-state index in [0.717, 1.165) is 0 Å². The van der Waals surface area contributed by atoms with Gasteiger partial charge in [-0.1, -0.05) is 62.9 Å². The first-order chi connectivity index (χ1) is 33.6. The molecule has 0 radical (unpaired) electrons. The zero-order chi connectivity index (χ0) is 52.1. The predicted molar refractivity (Wildman–Crippen MR) is 250 cm³/mol. The maximum Gasteiger partial charge on any atom is 0.246 e. The molecule has 380 valence electrons. The van der Waals surface area contributed by atoms with Gasteiger partial charge in [-0.3, -0.25) is 38.4 Å². The Morgan fingerprint density at radius 3 is 2.20 bits per heavy atom. The van der Waals surface area contributed by atoms with Gasteiger partial charge in [0.1, 0.15) is 47.6 Å². The van der Waals surface area contributed by atoms with Gasteiger partial charge in [-0.05, 0) is 37.8 Å². The van der Waals surface area contributed by atoms with Gasteiger partial charge in [-0.15, -0.1) is 0 Å². The van der Waals surface area contributed by atoms with Gasteiger partial charge in [0, 0.05) is 47.9 Å². The Kier molecular flexibility index (Phi) is 16.8. The third-order valence-corrected chi connectivity index (χ3v) is 12.6. The number of carbonyl (C=O) groups is 8. The van der Waals surface area contributed by atoms with Gasteiger partial charge in [0.15, 0.2) is 17.9 Å². The number of carbonyl (C=O) groups excluding carboxylic acids is 8. The number of aliphatic hydroxyl groups excluding tert-OH is 2. The van der Waals surface area contributed by atoms with Crippen LogP contribution in [0.5, 0.6) is 17.2 Å². The second kappa shape index (κ2) is 22.4. The van der Waals surface area contributed by atoms with Crippen LogP contribution in [0.15, 0.2) is 60.7 Å². The zero-order valence-corrected chi connectivity index (χ0v) is 39.8. The number of fused-ring (bicyclic) bond motifs is 3. The van der Waals surface area contributed by atoms with Gasteiger partial charge in [-0.25, -0.2) is 0 Å². The Balaban J connectivity index is 1.17. The molecule has 0 saturated carbocycles. The maximum absolute atomic E-state index is 14.1. The van der Waals surface area contributed by atoms with Gasteiger partial charge in [0.25, 0.3) is 0 Å². The molecule has 1 heterocycles. The molecule has 6 unspecified atom stereocenters. The number of hydrogen-bond acceptors (Lipinski definition) is 16. The van der Waals surface area contributed by atoms with E-state index >= 15 is 0 Å². The summed E-state index contributed by atoms with van der Waals surface area (Å²) in [4.78, 5) is 107. The summed E-state index contributed by atoms with van der Waals surface area (Å²) in [6, 6.07) is 9.53. The molecule has 6 rings (SSSR count). The lowest BCUT2D eigenvalue weighted by molar-refractivity contribution is -0.249. The maximum atomic E-state index is 14.1. The monoisotopic (exact) mass is 985 g/mol. The summed E-state index contributed by atoms with van der Waals surface area (Å²) < 4.78 is 17.5. The number of nitrogens with one attached hydrogen (secondary N) is 5. The summed E-state index contributed by atoms with van der Waals surface area (Å²) in [5.74, 6) is -7.98. The van der Waals surface area contributed by atoms with Crippen molar-refractivity contribution in [2.45, 2.75) is 108 Å². The topological polar surface area (TPSA) is 326 Å². The third-order valence-electron chi connectivity index (χ3n) is 12.6. The number of aromatic hydroxyl groups is 2. The quantitative estimate of drug-likeness (QED) is 0.0444. The molecular formula is C50H59N5O16. The molecule has 1 aliphatic heterocycles. The third kappa shape index (κ3) is 11.8. The van der Waals surface area contributed by atoms with Crippen molar-refractivity contribution in [1.29, 1.82) is 0 Å². The average molecular weight is 986 g/mol. The fourth-order valence-corrected chi connectivity index (χ4v) is 9.00. The van der Waals surface area contributed by atoms with Crippen LogP contribution in [-0.2, 0) is 51.1 Å². The number of phenols is 2. The van der Waals surface area contributed by atoms with Crippen molar-refractivity contribution < 1.29 is 78.1 Å². The molecule has 3 aliphatic rings. The number of ketones is 3. The van der Waals surface area contributed by atoms with Gasteiger partial charge in [0.2, 0.25) is 35.3 Å². The van der Waals surface area contributed by atoms with Crippen LogP contribution in [0.25, 0.3) is 0 Å². The van der Waals surface area contributed by atoms with Crippen LogP contribution in [0.4, 0.5) is 0 Å². The van der Waals surface area contributed by atoms with Crippen molar-refractivity contribution in [3.63, 3.8) is 0 Å². The minimum absolute atomic E-state index is 0.0200. The second-order valence-corrected chi connectivity index (χ2v) is 18.4. The zero-order valence-electron chi connectivity index (χ0n) is 39.8. The fraction of sp³-hybridized carbons (Fsp3) is 0.440. The predicted octanol–water partition coefficient (Wildman–Crippen LogP) is 0.226. The summed E-state index contributed by atoms with van der Waals surface area (Å²) in [5, 5.41) is 69.1. The lowest BCUT2D eigenvalue weighted by Gasteiger charge is -2.43. The molecule has 1 fully saturated rings. The Labute approximate surface area is 408 Å². The first-order valence-electron chi connectivity index (χ1n) is 23.0. The molecule has 0 bridgehead atoms. The molecule has 5 amide bonds. The van der Waals surface area contributed by atoms with Crippen LogP contribution < -0.4 is 31.3 Å². The number of amides is 5. The molecular weight excluding hydrogens is 927 g/mol. The van der Waals surface area contributed by atoms with E-state index in [9.17, 15) is 63.9 Å². The number of hydrogen-bond donors (Lipinski definition) is 10. The number of phenolic OH excluding ortho intramolecular Hbond substituents is 2. The number of aliphatic hydroxyl groups is 3. The Bertz CT molecular complexity index is 2620. The van der Waals surface area contributed by atoms with E-state index in [4.69, 9.17) is 14.2 Å². The van der Waals surface area contributed by atoms with Gasteiger partial charge < -0.3 is 66.3 Å². The molecule has 0 aromatic heterocycles. The highest BCUT2D eigenvalue weighted by molar-refractivity contribution is 6.31. The van der Waals surface area contributed by atoms with Crippen molar-refractivity contribution in [2.75, 3.05) is 26.8 Å². The molecule has 10 N–H and O–H groups in total. The van der Waals surface area contributed by atoms with Crippen LogP contribution in [0, 0.1) is 5.92 Å². The molecule has 21 nitrogen and oxygen atoms in total. The van der Waals surface area contributed by atoms with Crippen LogP contribution >= 0.6 is 0 Å². The van der Waals surface area contributed by atoms with E-state index in [0.29, 0.717) is 5.56 Å². The molecule has 71 heavy (non-hydrogen) atoms. The summed E-state index contributed by atoms with van der Waals surface area (Å²) in [5.41, 5.74) is -3.59. The average Bonchev–Trinajstić information content (AvgIpc) is 3.33. The molecule has 21 heteroatoms. The highest BCUT2D eigenvalue weighted by atomic mass is 16.7. The van der Waals surface area contributed by atoms with Crippen molar-refractivity contribution in [2.24, 2.45) is 5.92 Å². The highest BCUT2D eigenvalue weighted by Crippen LogP contribution is 2.52. The molecule has 3 aromatic rings. The minimum atomic E-state index is -2.42. The number of Topliss-reactive ketones (excluding diaryl/α,β-unsaturated/α-hetero) is 1. The second-order valence-electron chi connectivity index (χ2n) is 18.4. The molecule has 3 aromatic carbocycles. The Morgan fingerprint density at radius 1 is 0.873 bits per heavy atom. The van der Waals surface area contributed by atoms with E-state index in [1.165, 1.54) is 39.2 Å². The molecule has 1 saturated heterocycles. The van der Waals surface area contributed by atoms with E-state index in [2.05, 4.69) is 33.2 Å². The normalized spacial score (nSPS) is 22.1. The standard InChI is InChI=1S/C50H59N5O16/c1-23(2)15-30(55-49(67)31(16-26-11-8-7-9-12-26)54-36(59)20-51-47(65)24(3)4)48(66)52-21-35(58)53-29-17-37(70-25(5)42(29)60)71-33-19-50(68,34(57)22-56)18-28-39(33)46(64)41-40(44(28)62)43(61)27-13-10-14-32(69-6)38(27)45(41)63/h7-14,23,25,29-31,33,37,42,56,60,62,64,68H,3,15-22H2,1-2,4-6H3,(H,51,65)(H,52,66)(H,53,58)(H,54,59)(H,55,67)/t25?,29?,30?,31?,33-,37?,42?,50-/m0/s1. The first-order valence-corrected chi connectivity index (χ1v) is 23.0. The lowest BCUT2D eigenvalue weighted by Crippen LogP contribution is -2.58. The number of rotatable bonds is 19. The molecule has 8 atom stereocenters. The van der Waals surface area contributed by atoms with Crippen molar-refractivity contribution in [3.8, 4) is 17.2 Å². The van der Waals surface area contributed by atoms with E-state index in [-0.39, 0.29) is 58.8 Å². The molecule has 0 spiro atoms. The van der Waals surface area contributed by atoms with Gasteiger partial charge in [-0.2, -0.15) is 0 Å². The van der Waals surface area contributed by atoms with E-state index < -0.39 is 150 Å². The largest absolute Gasteiger partial charge is 0.507 e. The summed E-state index contributed by atoms with van der Waals surface area (Å²) in [7, 11) is 1.28. The number of methoxy groups -OCH3 is 1. The van der Waals surface area contributed by atoms with Crippen LogP contribution in [0.1, 0.15) is 102 Å². The van der Waals surface area contributed by atoms with Crippen LogP contribution in [0.3, 0.4) is 0 Å².